The Bertz CT molecular complexity index is 472. The quantitative estimate of drug-likeness (QED) is 0.894. The third-order valence-corrected chi connectivity index (χ3v) is 5.09. The molecule has 0 atom stereocenters. The molecule has 1 aromatic rings. The molecule has 20 heavy (non-hydrogen) atoms. The van der Waals surface area contributed by atoms with Crippen LogP contribution in [-0.4, -0.2) is 12.5 Å². The molecule has 0 aliphatic heterocycles. The number of benzene rings is 1. The highest BCUT2D eigenvalue weighted by atomic mass is 19.1. The fourth-order valence-corrected chi connectivity index (χ4v) is 3.49. The molecule has 2 fully saturated rings. The lowest BCUT2D eigenvalue weighted by molar-refractivity contribution is -0.127. The van der Waals surface area contributed by atoms with E-state index in [4.69, 9.17) is 0 Å². The summed E-state index contributed by atoms with van der Waals surface area (Å²) in [5.41, 5.74) is 1.19. The molecule has 108 valence electrons. The SMILES string of the molecule is O=C(NCC1(c2ccc(F)cc2)CCCC1)C1CCC1. The van der Waals surface area contributed by atoms with Gasteiger partial charge in [-0.25, -0.2) is 4.39 Å². The van der Waals surface area contributed by atoms with Gasteiger partial charge in [0.15, 0.2) is 0 Å². The summed E-state index contributed by atoms with van der Waals surface area (Å²) in [6, 6.07) is 6.83. The second-order valence-corrected chi connectivity index (χ2v) is 6.34. The smallest absolute Gasteiger partial charge is 0.223 e. The summed E-state index contributed by atoms with van der Waals surface area (Å²) in [4.78, 5) is 12.0. The molecule has 0 heterocycles. The molecule has 0 spiro atoms. The van der Waals surface area contributed by atoms with E-state index in [1.54, 1.807) is 0 Å². The number of carbonyl (C=O) groups is 1. The Hall–Kier alpha value is -1.38. The molecular weight excluding hydrogens is 253 g/mol. The highest BCUT2D eigenvalue weighted by Gasteiger charge is 2.36. The predicted octanol–water partition coefficient (Wildman–Crippen LogP) is 3.55. The van der Waals surface area contributed by atoms with Crippen molar-refractivity contribution in [3.63, 3.8) is 0 Å². The Labute approximate surface area is 119 Å². The number of nitrogens with one attached hydrogen (secondary N) is 1. The zero-order valence-electron chi connectivity index (χ0n) is 11.8. The van der Waals surface area contributed by atoms with E-state index in [9.17, 15) is 9.18 Å². The maximum atomic E-state index is 13.1. The van der Waals surface area contributed by atoms with E-state index in [1.807, 2.05) is 12.1 Å². The van der Waals surface area contributed by atoms with Gasteiger partial charge in [0.05, 0.1) is 0 Å². The van der Waals surface area contributed by atoms with Crippen molar-refractivity contribution in [2.75, 3.05) is 6.54 Å². The van der Waals surface area contributed by atoms with E-state index < -0.39 is 0 Å². The van der Waals surface area contributed by atoms with Crippen LogP contribution in [0, 0.1) is 11.7 Å². The number of rotatable bonds is 4. The molecule has 3 rings (SSSR count). The first-order valence-corrected chi connectivity index (χ1v) is 7.73. The Balaban J connectivity index is 1.70. The first kappa shape index (κ1) is 13.6. The molecule has 0 saturated heterocycles. The van der Waals surface area contributed by atoms with Gasteiger partial charge in [0.2, 0.25) is 5.91 Å². The number of halogens is 1. The van der Waals surface area contributed by atoms with Crippen LogP contribution in [0.5, 0.6) is 0 Å². The van der Waals surface area contributed by atoms with Gasteiger partial charge >= 0.3 is 0 Å². The Morgan fingerprint density at radius 1 is 1.15 bits per heavy atom. The standard InChI is InChI=1S/C17H22FNO/c18-15-8-6-14(7-9-15)17(10-1-2-11-17)12-19-16(20)13-4-3-5-13/h6-9,13H,1-5,10-12H2,(H,19,20). The summed E-state index contributed by atoms with van der Waals surface area (Å²) in [6.45, 7) is 0.702. The summed E-state index contributed by atoms with van der Waals surface area (Å²) < 4.78 is 13.1. The Morgan fingerprint density at radius 3 is 2.35 bits per heavy atom. The molecule has 0 unspecified atom stereocenters. The summed E-state index contributed by atoms with van der Waals surface area (Å²) in [5, 5.41) is 3.15. The van der Waals surface area contributed by atoms with Crippen molar-refractivity contribution in [2.45, 2.75) is 50.4 Å². The van der Waals surface area contributed by atoms with E-state index in [0.717, 1.165) is 25.7 Å². The molecule has 1 amide bonds. The van der Waals surface area contributed by atoms with Gasteiger partial charge in [-0.2, -0.15) is 0 Å². The molecule has 1 N–H and O–H groups in total. The van der Waals surface area contributed by atoms with Crippen LogP contribution in [-0.2, 0) is 10.2 Å². The van der Waals surface area contributed by atoms with Gasteiger partial charge in [0.1, 0.15) is 5.82 Å². The second-order valence-electron chi connectivity index (χ2n) is 6.34. The molecule has 3 heteroatoms. The molecule has 0 bridgehead atoms. The van der Waals surface area contributed by atoms with Gasteiger partial charge in [-0.3, -0.25) is 4.79 Å². The van der Waals surface area contributed by atoms with Crippen LogP contribution in [0.15, 0.2) is 24.3 Å². The van der Waals surface area contributed by atoms with Crippen molar-refractivity contribution in [1.82, 2.24) is 5.32 Å². The Morgan fingerprint density at radius 2 is 1.80 bits per heavy atom. The average molecular weight is 275 g/mol. The monoisotopic (exact) mass is 275 g/mol. The molecule has 0 aromatic heterocycles. The normalized spacial score (nSPS) is 21.4. The zero-order valence-corrected chi connectivity index (χ0v) is 11.8. The van der Waals surface area contributed by atoms with E-state index in [-0.39, 0.29) is 23.1 Å². The third-order valence-electron chi connectivity index (χ3n) is 5.09. The Kier molecular flexibility index (Phi) is 3.77. The van der Waals surface area contributed by atoms with Crippen LogP contribution in [0.3, 0.4) is 0 Å². The number of hydrogen-bond donors (Lipinski definition) is 1. The highest BCUT2D eigenvalue weighted by Crippen LogP contribution is 2.40. The van der Waals surface area contributed by atoms with Crippen molar-refractivity contribution < 1.29 is 9.18 Å². The van der Waals surface area contributed by atoms with Gasteiger partial charge in [-0.1, -0.05) is 31.4 Å². The topological polar surface area (TPSA) is 29.1 Å². The minimum Gasteiger partial charge on any atom is -0.355 e. The third kappa shape index (κ3) is 2.58. The van der Waals surface area contributed by atoms with Crippen LogP contribution in [0.1, 0.15) is 50.5 Å². The van der Waals surface area contributed by atoms with E-state index >= 15 is 0 Å². The summed E-state index contributed by atoms with van der Waals surface area (Å²) >= 11 is 0. The molecule has 2 saturated carbocycles. The average Bonchev–Trinajstić information content (AvgIpc) is 2.85. The lowest BCUT2D eigenvalue weighted by atomic mass is 9.78. The lowest BCUT2D eigenvalue weighted by Crippen LogP contribution is -2.42. The minimum atomic E-state index is -0.194. The van der Waals surface area contributed by atoms with Gasteiger partial charge in [0.25, 0.3) is 0 Å². The molecule has 1 aromatic carbocycles. The summed E-state index contributed by atoms with van der Waals surface area (Å²) in [5.74, 6) is 0.256. The van der Waals surface area contributed by atoms with Crippen LogP contribution >= 0.6 is 0 Å². The first-order chi connectivity index (χ1) is 9.70. The van der Waals surface area contributed by atoms with Crippen LogP contribution in [0.25, 0.3) is 0 Å². The van der Waals surface area contributed by atoms with E-state index in [1.165, 1.54) is 37.0 Å². The fourth-order valence-electron chi connectivity index (χ4n) is 3.49. The van der Waals surface area contributed by atoms with Gasteiger partial charge in [-0.05, 0) is 43.4 Å². The van der Waals surface area contributed by atoms with Crippen molar-refractivity contribution in [1.29, 1.82) is 0 Å². The number of amides is 1. The summed E-state index contributed by atoms with van der Waals surface area (Å²) in [6.07, 6.45) is 7.81. The molecule has 2 aliphatic rings. The van der Waals surface area contributed by atoms with Crippen molar-refractivity contribution in [3.8, 4) is 0 Å². The first-order valence-electron chi connectivity index (χ1n) is 7.73. The zero-order chi connectivity index (χ0) is 14.0. The van der Waals surface area contributed by atoms with E-state index in [2.05, 4.69) is 5.32 Å². The van der Waals surface area contributed by atoms with Crippen LogP contribution < -0.4 is 5.32 Å². The molecule has 2 aliphatic carbocycles. The fraction of sp³-hybridized carbons (Fsp3) is 0.588. The minimum absolute atomic E-state index is 0.0209. The van der Waals surface area contributed by atoms with Crippen LogP contribution in [0.2, 0.25) is 0 Å². The van der Waals surface area contributed by atoms with Gasteiger partial charge < -0.3 is 5.32 Å². The maximum Gasteiger partial charge on any atom is 0.223 e. The molecule has 0 radical (unpaired) electrons. The molecular formula is C17H22FNO. The van der Waals surface area contributed by atoms with Crippen molar-refractivity contribution in [2.24, 2.45) is 5.92 Å². The van der Waals surface area contributed by atoms with Crippen molar-refractivity contribution in [3.05, 3.63) is 35.6 Å². The lowest BCUT2D eigenvalue weighted by Gasteiger charge is -2.32. The maximum absolute atomic E-state index is 13.1. The van der Waals surface area contributed by atoms with Gasteiger partial charge in [0, 0.05) is 17.9 Å². The number of carbonyl (C=O) groups excluding carboxylic acids is 1. The van der Waals surface area contributed by atoms with Crippen molar-refractivity contribution >= 4 is 5.91 Å². The van der Waals surface area contributed by atoms with E-state index in [0.29, 0.717) is 6.54 Å². The second kappa shape index (κ2) is 5.55. The summed E-state index contributed by atoms with van der Waals surface area (Å²) in [7, 11) is 0. The highest BCUT2D eigenvalue weighted by molar-refractivity contribution is 5.79. The van der Waals surface area contributed by atoms with Crippen LogP contribution in [0.4, 0.5) is 4.39 Å². The largest absolute Gasteiger partial charge is 0.355 e. The number of hydrogen-bond acceptors (Lipinski definition) is 1. The molecule has 2 nitrogen and oxygen atoms in total. The van der Waals surface area contributed by atoms with Gasteiger partial charge in [-0.15, -0.1) is 0 Å². The predicted molar refractivity (Wildman–Crippen MR) is 76.9 cm³/mol.